The number of rotatable bonds is 9. The van der Waals surface area contributed by atoms with E-state index in [0.717, 1.165) is 22.4 Å². The molecule has 30 heavy (non-hydrogen) atoms. The Hall–Kier alpha value is -2.58. The Balaban J connectivity index is 2.11. The molecule has 0 bridgehead atoms. The molecule has 0 aliphatic carbocycles. The number of allylic oxidation sites excluding steroid dienone is 5. The first kappa shape index (κ1) is 23.7. The lowest BCUT2D eigenvalue weighted by Crippen LogP contribution is -2.50. The third kappa shape index (κ3) is 5.74. The molecule has 1 atom stereocenters. The maximum absolute atomic E-state index is 10.4. The predicted octanol–water partition coefficient (Wildman–Crippen LogP) is 2.81. The summed E-state index contributed by atoms with van der Waals surface area (Å²) < 4.78 is 5.97. The molecule has 7 nitrogen and oxygen atoms in total. The molecule has 1 radical (unpaired) electrons. The van der Waals surface area contributed by atoms with Crippen LogP contribution in [0, 0.1) is 11.3 Å². The zero-order valence-electron chi connectivity index (χ0n) is 18.7. The lowest BCUT2D eigenvalue weighted by Gasteiger charge is -2.40. The largest absolute Gasteiger partial charge is 0.426 e. The van der Waals surface area contributed by atoms with Crippen molar-refractivity contribution in [2.24, 2.45) is 16.6 Å². The van der Waals surface area contributed by atoms with Gasteiger partial charge < -0.3 is 31.5 Å². The van der Waals surface area contributed by atoms with Crippen LogP contribution in [0.1, 0.15) is 48.0 Å². The maximum Gasteiger partial charge on any atom is 0.332 e. The zero-order chi connectivity index (χ0) is 22.5. The fourth-order valence-corrected chi connectivity index (χ4v) is 2.82. The van der Waals surface area contributed by atoms with E-state index in [4.69, 9.17) is 15.8 Å². The highest BCUT2D eigenvalue weighted by Crippen LogP contribution is 2.29. The summed E-state index contributed by atoms with van der Waals surface area (Å²) in [6.45, 7) is 11.4. The Labute approximate surface area is 180 Å². The summed E-state index contributed by atoms with van der Waals surface area (Å²) in [6.07, 6.45) is 11.2. The smallest absolute Gasteiger partial charge is 0.332 e. The van der Waals surface area contributed by atoms with Gasteiger partial charge in [-0.15, -0.1) is 0 Å². The number of nitrogens with two attached hydrogens (primary N) is 1. The Morgan fingerprint density at radius 2 is 2.03 bits per heavy atom. The van der Waals surface area contributed by atoms with Gasteiger partial charge in [-0.25, -0.2) is 4.99 Å². The molecule has 0 aromatic rings. The number of nitrogens with one attached hydrogen (secondary N) is 3. The minimum Gasteiger partial charge on any atom is -0.426 e. The number of fused-ring (bicyclic) bond motifs is 1. The van der Waals surface area contributed by atoms with Crippen molar-refractivity contribution in [2.45, 2.75) is 59.2 Å². The molecule has 0 aromatic carbocycles. The lowest BCUT2D eigenvalue weighted by atomic mass is 9.79. The van der Waals surface area contributed by atoms with Crippen LogP contribution in [0.3, 0.4) is 0 Å². The van der Waals surface area contributed by atoms with Crippen molar-refractivity contribution in [1.82, 2.24) is 10.6 Å². The van der Waals surface area contributed by atoms with Crippen LogP contribution >= 0.6 is 0 Å². The second-order valence-electron chi connectivity index (χ2n) is 8.46. The first-order valence-electron chi connectivity index (χ1n) is 10.2. The minimum absolute atomic E-state index is 0.197. The van der Waals surface area contributed by atoms with Crippen LogP contribution in [0.4, 0.5) is 0 Å². The van der Waals surface area contributed by atoms with E-state index < -0.39 is 11.2 Å². The van der Waals surface area contributed by atoms with Gasteiger partial charge in [-0.3, -0.25) is 0 Å². The molecule has 0 spiro atoms. The van der Waals surface area contributed by atoms with E-state index >= 15 is 0 Å². The van der Waals surface area contributed by atoms with Crippen molar-refractivity contribution in [3.63, 3.8) is 0 Å². The third-order valence-corrected chi connectivity index (χ3v) is 5.49. The number of aliphatic hydroxyl groups is 1. The van der Waals surface area contributed by atoms with E-state index in [1.54, 1.807) is 27.4 Å². The molecule has 161 valence electrons. The van der Waals surface area contributed by atoms with Gasteiger partial charge >= 0.3 is 7.48 Å². The summed E-state index contributed by atoms with van der Waals surface area (Å²) in [5, 5.41) is 24.4. The van der Waals surface area contributed by atoms with Crippen LogP contribution in [0.2, 0.25) is 0 Å². The molecule has 2 aliphatic rings. The summed E-state index contributed by atoms with van der Waals surface area (Å²) in [5.74, 6) is 1.13. The van der Waals surface area contributed by atoms with Gasteiger partial charge in [-0.2, -0.15) is 0 Å². The first-order valence-corrected chi connectivity index (χ1v) is 10.2. The van der Waals surface area contributed by atoms with Crippen LogP contribution < -0.4 is 16.4 Å². The molecule has 0 saturated heterocycles. The molecular formula is C22H33BN5O2. The summed E-state index contributed by atoms with van der Waals surface area (Å²) in [7, 11) is 1.65. The van der Waals surface area contributed by atoms with Crippen LogP contribution in [0.5, 0.6) is 0 Å². The summed E-state index contributed by atoms with van der Waals surface area (Å²) in [6, 6.07) is 0. The fraction of sp³-hybridized carbons (Fsp3) is 0.455. The molecule has 6 N–H and O–H groups in total. The average Bonchev–Trinajstić information content (AvgIpc) is 2.68. The molecule has 0 saturated carbocycles. The predicted molar refractivity (Wildman–Crippen MR) is 124 cm³/mol. The maximum atomic E-state index is 10.4. The Kier molecular flexibility index (Phi) is 7.50. The van der Waals surface area contributed by atoms with Crippen molar-refractivity contribution in [2.75, 3.05) is 0 Å². The van der Waals surface area contributed by atoms with Crippen LogP contribution in [0.15, 0.2) is 63.8 Å². The van der Waals surface area contributed by atoms with Gasteiger partial charge in [0.2, 0.25) is 0 Å². The minimum atomic E-state index is -0.983. The van der Waals surface area contributed by atoms with Crippen molar-refractivity contribution in [3.8, 4) is 0 Å². The molecule has 8 heteroatoms. The number of aliphatic imine (C=N–C) groups is 1. The second-order valence-corrected chi connectivity index (χ2v) is 8.46. The molecule has 0 amide bonds. The average molecular weight is 410 g/mol. The monoisotopic (exact) mass is 410 g/mol. The van der Waals surface area contributed by atoms with Gasteiger partial charge in [0.15, 0.2) is 0 Å². The first-order chi connectivity index (χ1) is 14.0. The van der Waals surface area contributed by atoms with Crippen LogP contribution in [-0.2, 0) is 4.65 Å². The highest BCUT2D eigenvalue weighted by atomic mass is 16.5. The fourth-order valence-electron chi connectivity index (χ4n) is 2.82. The Bertz CT molecular complexity index is 859. The Morgan fingerprint density at radius 1 is 1.33 bits per heavy atom. The molecule has 2 aliphatic heterocycles. The molecule has 2 heterocycles. The molecule has 0 fully saturated rings. The lowest BCUT2D eigenvalue weighted by molar-refractivity contribution is -0.103. The van der Waals surface area contributed by atoms with Gasteiger partial charge in [-0.05, 0) is 74.7 Å². The summed E-state index contributed by atoms with van der Waals surface area (Å²) in [4.78, 5) is 4.41. The van der Waals surface area contributed by atoms with Gasteiger partial charge in [0.1, 0.15) is 11.7 Å². The van der Waals surface area contributed by atoms with E-state index in [9.17, 15) is 5.11 Å². The van der Waals surface area contributed by atoms with E-state index in [1.165, 1.54) is 6.21 Å². The second kappa shape index (κ2) is 9.49. The number of hydrogen-bond acceptors (Lipinski definition) is 6. The van der Waals surface area contributed by atoms with Crippen molar-refractivity contribution in [1.29, 1.82) is 5.41 Å². The van der Waals surface area contributed by atoms with Gasteiger partial charge in [-0.1, -0.05) is 20.8 Å². The summed E-state index contributed by atoms with van der Waals surface area (Å²) >= 11 is 0. The van der Waals surface area contributed by atoms with Crippen molar-refractivity contribution >= 4 is 19.5 Å². The van der Waals surface area contributed by atoms with Gasteiger partial charge in [0.25, 0.3) is 0 Å². The van der Waals surface area contributed by atoms with E-state index in [2.05, 4.69) is 15.6 Å². The number of hydrogen-bond donors (Lipinski definition) is 5. The molecule has 2 rings (SSSR count). The van der Waals surface area contributed by atoms with Gasteiger partial charge in [0, 0.05) is 6.21 Å². The van der Waals surface area contributed by atoms with Gasteiger partial charge in [0.05, 0.1) is 22.6 Å². The molecule has 0 aromatic heterocycles. The van der Waals surface area contributed by atoms with E-state index in [-0.39, 0.29) is 5.92 Å². The van der Waals surface area contributed by atoms with Crippen molar-refractivity contribution in [3.05, 3.63) is 58.8 Å². The standard InChI is InChI=1S/C22H33BN5O2/c1-7-22(6,21(4,5)29)30-23-16-11-18-17(26-13-16)8-9-20(27-18)28-19(25)10-15(12-24)14(2)3/h8-14,24,26-27,29H,7H2,1-6H3,(H2,25,28). The third-order valence-electron chi connectivity index (χ3n) is 5.49. The SMILES string of the molecule is CCC(C)(O[B]C1=CNC2=CC=C(N=C(N)C=C(C=N)C(C)C)NC2=C1)C(C)(C)O. The number of dihydropyridines is 2. The van der Waals surface area contributed by atoms with Crippen LogP contribution in [0.25, 0.3) is 0 Å². The topological polar surface area (TPSA) is 116 Å². The van der Waals surface area contributed by atoms with E-state index in [1.807, 2.05) is 52.1 Å². The highest BCUT2D eigenvalue weighted by molar-refractivity contribution is 6.39. The van der Waals surface area contributed by atoms with E-state index in [0.29, 0.717) is 18.1 Å². The zero-order valence-corrected chi connectivity index (χ0v) is 18.7. The molecule has 1 unspecified atom stereocenters. The quantitative estimate of drug-likeness (QED) is 0.228. The normalized spacial score (nSPS) is 19.3. The molecular weight excluding hydrogens is 377 g/mol. The van der Waals surface area contributed by atoms with Crippen LogP contribution in [-0.4, -0.2) is 35.8 Å². The highest BCUT2D eigenvalue weighted by Gasteiger charge is 2.39. The Morgan fingerprint density at radius 3 is 2.60 bits per heavy atom. The number of amidine groups is 1. The van der Waals surface area contributed by atoms with Crippen molar-refractivity contribution < 1.29 is 9.76 Å². The summed E-state index contributed by atoms with van der Waals surface area (Å²) in [5.41, 5.74) is 7.72. The number of nitrogens with zero attached hydrogens (tertiary/aromatic N) is 1.